The van der Waals surface area contributed by atoms with E-state index in [-0.39, 0.29) is 5.91 Å². The van der Waals surface area contributed by atoms with Crippen molar-refractivity contribution < 1.29 is 4.79 Å². The Morgan fingerprint density at radius 2 is 2.56 bits per heavy atom. The molecule has 0 bridgehead atoms. The SMILES string of the molecule is CN1C(=O)CCC1CBr. The molecule has 0 aliphatic carbocycles. The van der Waals surface area contributed by atoms with Crippen molar-refractivity contribution in [2.45, 2.75) is 18.9 Å². The minimum absolute atomic E-state index is 0.277. The second-order valence-electron chi connectivity index (χ2n) is 2.35. The molecular weight excluding hydrogens is 182 g/mol. The molecule has 52 valence electrons. The zero-order valence-corrected chi connectivity index (χ0v) is 7.02. The summed E-state index contributed by atoms with van der Waals surface area (Å²) in [6.07, 6.45) is 1.74. The minimum atomic E-state index is 0.277. The van der Waals surface area contributed by atoms with Crippen LogP contribution in [0.5, 0.6) is 0 Å². The maximum Gasteiger partial charge on any atom is 0.222 e. The van der Waals surface area contributed by atoms with Gasteiger partial charge in [-0.1, -0.05) is 15.9 Å². The molecule has 1 saturated heterocycles. The Morgan fingerprint density at radius 1 is 1.89 bits per heavy atom. The van der Waals surface area contributed by atoms with Crippen molar-refractivity contribution in [1.82, 2.24) is 4.90 Å². The van der Waals surface area contributed by atoms with Crippen LogP contribution in [0.25, 0.3) is 0 Å². The summed E-state index contributed by atoms with van der Waals surface area (Å²) in [7, 11) is 1.86. The largest absolute Gasteiger partial charge is 0.342 e. The highest BCUT2D eigenvalue weighted by Crippen LogP contribution is 2.17. The molecule has 1 aliphatic rings. The van der Waals surface area contributed by atoms with Crippen LogP contribution in [0.15, 0.2) is 0 Å². The fourth-order valence-electron chi connectivity index (χ4n) is 1.04. The quantitative estimate of drug-likeness (QED) is 0.567. The highest BCUT2D eigenvalue weighted by atomic mass is 79.9. The van der Waals surface area contributed by atoms with E-state index in [0.29, 0.717) is 6.04 Å². The third-order valence-corrected chi connectivity index (χ3v) is 2.56. The van der Waals surface area contributed by atoms with E-state index in [1.54, 1.807) is 0 Å². The zero-order chi connectivity index (χ0) is 6.85. The first kappa shape index (κ1) is 7.06. The van der Waals surface area contributed by atoms with Gasteiger partial charge < -0.3 is 4.90 Å². The number of hydrogen-bond donors (Lipinski definition) is 0. The number of alkyl halides is 1. The second kappa shape index (κ2) is 2.69. The molecule has 1 atom stereocenters. The van der Waals surface area contributed by atoms with Gasteiger partial charge in [0.05, 0.1) is 0 Å². The predicted molar refractivity (Wildman–Crippen MR) is 39.6 cm³/mol. The maximum atomic E-state index is 10.8. The molecule has 0 aromatic carbocycles. The number of rotatable bonds is 1. The first-order chi connectivity index (χ1) is 4.25. The Labute approximate surface area is 63.3 Å². The van der Waals surface area contributed by atoms with Gasteiger partial charge in [-0.25, -0.2) is 0 Å². The fraction of sp³-hybridized carbons (Fsp3) is 0.833. The average molecular weight is 192 g/mol. The Hall–Kier alpha value is -0.0500. The highest BCUT2D eigenvalue weighted by Gasteiger charge is 2.25. The summed E-state index contributed by atoms with van der Waals surface area (Å²) in [5.41, 5.74) is 0. The average Bonchev–Trinajstić information content (AvgIpc) is 2.15. The molecule has 3 heteroatoms. The Morgan fingerprint density at radius 3 is 2.78 bits per heavy atom. The Kier molecular flexibility index (Phi) is 2.11. The summed E-state index contributed by atoms with van der Waals surface area (Å²) in [6.45, 7) is 0. The van der Waals surface area contributed by atoms with Crippen molar-refractivity contribution in [3.63, 3.8) is 0 Å². The van der Waals surface area contributed by atoms with Crippen LogP contribution in [0.4, 0.5) is 0 Å². The van der Waals surface area contributed by atoms with Gasteiger partial charge in [-0.05, 0) is 6.42 Å². The number of nitrogens with zero attached hydrogens (tertiary/aromatic N) is 1. The topological polar surface area (TPSA) is 20.3 Å². The summed E-state index contributed by atoms with van der Waals surface area (Å²) in [5.74, 6) is 0.277. The molecule has 1 rings (SSSR count). The molecular formula is C6H10BrNO. The minimum Gasteiger partial charge on any atom is -0.342 e. The molecule has 0 aromatic rings. The van der Waals surface area contributed by atoms with Crippen LogP contribution < -0.4 is 0 Å². The van der Waals surface area contributed by atoms with Crippen molar-refractivity contribution in [3.05, 3.63) is 0 Å². The zero-order valence-electron chi connectivity index (χ0n) is 5.43. The molecule has 1 fully saturated rings. The van der Waals surface area contributed by atoms with Crippen LogP contribution in [0.2, 0.25) is 0 Å². The van der Waals surface area contributed by atoms with E-state index in [9.17, 15) is 4.79 Å². The third-order valence-electron chi connectivity index (χ3n) is 1.81. The number of halogens is 1. The molecule has 1 aliphatic heterocycles. The van der Waals surface area contributed by atoms with Crippen LogP contribution in [-0.4, -0.2) is 29.2 Å². The van der Waals surface area contributed by atoms with E-state index >= 15 is 0 Å². The van der Waals surface area contributed by atoms with Gasteiger partial charge in [-0.2, -0.15) is 0 Å². The van der Waals surface area contributed by atoms with Gasteiger partial charge in [0.25, 0.3) is 0 Å². The van der Waals surface area contributed by atoms with Gasteiger partial charge in [0.2, 0.25) is 5.91 Å². The van der Waals surface area contributed by atoms with Crippen molar-refractivity contribution in [2.75, 3.05) is 12.4 Å². The standard InChI is InChI=1S/C6H10BrNO/c1-8-5(4-7)2-3-6(8)9/h5H,2-4H2,1H3. The number of amides is 1. The van der Waals surface area contributed by atoms with Gasteiger partial charge in [-0.15, -0.1) is 0 Å². The van der Waals surface area contributed by atoms with Crippen molar-refractivity contribution in [1.29, 1.82) is 0 Å². The van der Waals surface area contributed by atoms with Crippen LogP contribution in [0.3, 0.4) is 0 Å². The number of hydrogen-bond acceptors (Lipinski definition) is 1. The lowest BCUT2D eigenvalue weighted by atomic mass is 10.2. The molecule has 2 nitrogen and oxygen atoms in total. The van der Waals surface area contributed by atoms with Gasteiger partial charge in [0.15, 0.2) is 0 Å². The summed E-state index contributed by atoms with van der Waals surface area (Å²) < 4.78 is 0. The van der Waals surface area contributed by atoms with Crippen molar-refractivity contribution >= 4 is 21.8 Å². The van der Waals surface area contributed by atoms with Crippen molar-refractivity contribution in [2.24, 2.45) is 0 Å². The molecule has 0 N–H and O–H groups in total. The summed E-state index contributed by atoms with van der Waals surface area (Å²) in [6, 6.07) is 0.442. The first-order valence-electron chi connectivity index (χ1n) is 3.07. The lowest BCUT2D eigenvalue weighted by molar-refractivity contribution is -0.127. The van der Waals surface area contributed by atoms with Crippen LogP contribution in [0.1, 0.15) is 12.8 Å². The summed E-state index contributed by atoms with van der Waals surface area (Å²) in [4.78, 5) is 12.7. The van der Waals surface area contributed by atoms with E-state index < -0.39 is 0 Å². The molecule has 0 spiro atoms. The van der Waals surface area contributed by atoms with Crippen molar-refractivity contribution in [3.8, 4) is 0 Å². The lowest BCUT2D eigenvalue weighted by Gasteiger charge is -2.16. The normalized spacial score (nSPS) is 27.6. The van der Waals surface area contributed by atoms with Gasteiger partial charge in [-0.3, -0.25) is 4.79 Å². The van der Waals surface area contributed by atoms with Gasteiger partial charge in [0, 0.05) is 24.8 Å². The highest BCUT2D eigenvalue weighted by molar-refractivity contribution is 9.09. The van der Waals surface area contributed by atoms with E-state index in [1.165, 1.54) is 0 Å². The lowest BCUT2D eigenvalue weighted by Crippen LogP contribution is -2.29. The molecule has 0 aromatic heterocycles. The molecule has 1 unspecified atom stereocenters. The van der Waals surface area contributed by atoms with Gasteiger partial charge >= 0.3 is 0 Å². The predicted octanol–water partition coefficient (Wildman–Crippen LogP) is 1.00. The second-order valence-corrected chi connectivity index (χ2v) is 3.00. The van der Waals surface area contributed by atoms with E-state index in [0.717, 1.165) is 18.2 Å². The molecule has 0 saturated carbocycles. The van der Waals surface area contributed by atoms with E-state index in [1.807, 2.05) is 11.9 Å². The van der Waals surface area contributed by atoms with E-state index in [4.69, 9.17) is 0 Å². The number of carbonyl (C=O) groups is 1. The monoisotopic (exact) mass is 191 g/mol. The summed E-state index contributed by atoms with van der Waals surface area (Å²) in [5, 5.41) is 0.912. The van der Waals surface area contributed by atoms with Gasteiger partial charge in [0.1, 0.15) is 0 Å². The molecule has 0 radical (unpaired) electrons. The fourth-order valence-corrected chi connectivity index (χ4v) is 1.80. The molecule has 1 amide bonds. The van der Waals surface area contributed by atoms with Crippen LogP contribution in [0, 0.1) is 0 Å². The number of carbonyl (C=O) groups excluding carboxylic acids is 1. The Balaban J connectivity index is 2.51. The Bertz CT molecular complexity index is 126. The van der Waals surface area contributed by atoms with E-state index in [2.05, 4.69) is 15.9 Å². The summed E-state index contributed by atoms with van der Waals surface area (Å²) >= 11 is 3.35. The maximum absolute atomic E-state index is 10.8. The molecule has 1 heterocycles. The van der Waals surface area contributed by atoms with Crippen LogP contribution >= 0.6 is 15.9 Å². The molecule has 9 heavy (non-hydrogen) atoms. The number of likely N-dealkylation sites (tertiary alicyclic amines) is 1. The smallest absolute Gasteiger partial charge is 0.222 e. The van der Waals surface area contributed by atoms with Crippen LogP contribution in [-0.2, 0) is 4.79 Å². The third kappa shape index (κ3) is 1.26. The first-order valence-corrected chi connectivity index (χ1v) is 4.19.